The van der Waals surface area contributed by atoms with E-state index in [-0.39, 0.29) is 5.41 Å². The predicted octanol–water partition coefficient (Wildman–Crippen LogP) is 4.42. The molecular weight excluding hydrogens is 168 g/mol. The second kappa shape index (κ2) is 3.76. The minimum absolute atomic E-state index is 0.264. The Balaban J connectivity index is 3.13. The summed E-state index contributed by atoms with van der Waals surface area (Å²) in [6.45, 7) is 13.5. The summed E-state index contributed by atoms with van der Waals surface area (Å²) in [6, 6.07) is 6.87. The highest BCUT2D eigenvalue weighted by Crippen LogP contribution is 2.27. The van der Waals surface area contributed by atoms with Gasteiger partial charge in [0.15, 0.2) is 0 Å². The molecule has 0 aliphatic heterocycles. The Hall–Kier alpha value is -0.780. The molecule has 0 aliphatic carbocycles. The van der Waals surface area contributed by atoms with Gasteiger partial charge in [0.2, 0.25) is 0 Å². The number of rotatable bonds is 1. The molecule has 0 radical (unpaired) electrons. The first-order chi connectivity index (χ1) is 6.32. The molecule has 0 aromatic heterocycles. The fraction of sp³-hybridized carbons (Fsp3) is 0.571. The third-order valence-corrected chi connectivity index (χ3v) is 2.76. The summed E-state index contributed by atoms with van der Waals surface area (Å²) in [7, 11) is 0. The van der Waals surface area contributed by atoms with Crippen molar-refractivity contribution < 1.29 is 0 Å². The molecule has 0 nitrogen and oxygen atoms in total. The largest absolute Gasteiger partial charge is 0.0587 e. The van der Waals surface area contributed by atoms with Gasteiger partial charge >= 0.3 is 0 Å². The molecule has 78 valence electrons. The summed E-state index contributed by atoms with van der Waals surface area (Å²) in [4.78, 5) is 0. The van der Waals surface area contributed by atoms with E-state index in [4.69, 9.17) is 0 Å². The van der Waals surface area contributed by atoms with Gasteiger partial charge in [-0.1, -0.05) is 52.8 Å². The van der Waals surface area contributed by atoms with E-state index in [0.717, 1.165) is 0 Å². The Morgan fingerprint density at radius 1 is 1.07 bits per heavy atom. The first kappa shape index (κ1) is 11.3. The lowest BCUT2D eigenvalue weighted by Crippen LogP contribution is -2.11. The minimum atomic E-state index is 0.264. The van der Waals surface area contributed by atoms with Crippen LogP contribution in [0.4, 0.5) is 0 Å². The zero-order valence-corrected chi connectivity index (χ0v) is 10.3. The van der Waals surface area contributed by atoms with Crippen LogP contribution in [0.25, 0.3) is 0 Å². The van der Waals surface area contributed by atoms with Gasteiger partial charge < -0.3 is 0 Å². The van der Waals surface area contributed by atoms with Crippen LogP contribution in [0, 0.1) is 6.92 Å². The number of hydrogen-bond donors (Lipinski definition) is 0. The fourth-order valence-corrected chi connectivity index (χ4v) is 1.79. The normalized spacial score (nSPS) is 12.2. The van der Waals surface area contributed by atoms with Gasteiger partial charge in [-0.15, -0.1) is 0 Å². The fourth-order valence-electron chi connectivity index (χ4n) is 1.79. The Bertz CT molecular complexity index is 313. The van der Waals surface area contributed by atoms with Crippen LogP contribution in [0.1, 0.15) is 57.2 Å². The van der Waals surface area contributed by atoms with E-state index in [1.165, 1.54) is 16.7 Å². The predicted molar refractivity (Wildman–Crippen MR) is 64.0 cm³/mol. The topological polar surface area (TPSA) is 0 Å². The van der Waals surface area contributed by atoms with Gasteiger partial charge in [-0.05, 0) is 34.9 Å². The molecule has 0 fully saturated rings. The molecule has 0 unspecified atom stereocenters. The molecule has 0 saturated heterocycles. The lowest BCUT2D eigenvalue weighted by atomic mass is 9.84. The highest BCUT2D eigenvalue weighted by atomic mass is 14.2. The van der Waals surface area contributed by atoms with E-state index in [2.05, 4.69) is 59.7 Å². The van der Waals surface area contributed by atoms with Gasteiger partial charge in [-0.25, -0.2) is 0 Å². The Morgan fingerprint density at radius 2 is 1.64 bits per heavy atom. The van der Waals surface area contributed by atoms with Crippen LogP contribution in [0.5, 0.6) is 0 Å². The minimum Gasteiger partial charge on any atom is -0.0587 e. The van der Waals surface area contributed by atoms with Crippen molar-refractivity contribution in [2.24, 2.45) is 0 Å². The second-order valence-corrected chi connectivity index (χ2v) is 5.48. The first-order valence-electron chi connectivity index (χ1n) is 5.43. The molecule has 0 bridgehead atoms. The smallest absolute Gasteiger partial charge is 0.0132 e. The Morgan fingerprint density at radius 3 is 2.00 bits per heavy atom. The molecule has 0 saturated carbocycles. The number of aryl methyl sites for hydroxylation is 1. The van der Waals surface area contributed by atoms with Crippen LogP contribution >= 0.6 is 0 Å². The van der Waals surface area contributed by atoms with E-state index >= 15 is 0 Å². The van der Waals surface area contributed by atoms with Crippen LogP contribution in [0.15, 0.2) is 18.2 Å². The van der Waals surface area contributed by atoms with E-state index in [0.29, 0.717) is 5.92 Å². The molecular formula is C14H22. The molecule has 0 N–H and O–H groups in total. The number of benzene rings is 1. The van der Waals surface area contributed by atoms with Crippen LogP contribution in [-0.2, 0) is 5.41 Å². The van der Waals surface area contributed by atoms with Crippen molar-refractivity contribution in [3.63, 3.8) is 0 Å². The molecule has 0 atom stereocenters. The summed E-state index contributed by atoms with van der Waals surface area (Å²) in [5.41, 5.74) is 4.59. The van der Waals surface area contributed by atoms with Crippen LogP contribution in [0.3, 0.4) is 0 Å². The SMILES string of the molecule is Cc1cc(C(C)(C)C)ccc1C(C)C. The average molecular weight is 190 g/mol. The van der Waals surface area contributed by atoms with Gasteiger partial charge in [0, 0.05) is 0 Å². The van der Waals surface area contributed by atoms with Crippen molar-refractivity contribution in [1.29, 1.82) is 0 Å². The van der Waals surface area contributed by atoms with E-state index in [9.17, 15) is 0 Å². The highest BCUT2D eigenvalue weighted by Gasteiger charge is 2.14. The lowest BCUT2D eigenvalue weighted by molar-refractivity contribution is 0.589. The monoisotopic (exact) mass is 190 g/mol. The molecule has 0 heteroatoms. The maximum absolute atomic E-state index is 2.33. The van der Waals surface area contributed by atoms with E-state index in [1.54, 1.807) is 0 Å². The summed E-state index contributed by atoms with van der Waals surface area (Å²) in [5, 5.41) is 0. The summed E-state index contributed by atoms with van der Waals surface area (Å²) in [6.07, 6.45) is 0. The van der Waals surface area contributed by atoms with Crippen LogP contribution in [-0.4, -0.2) is 0 Å². The Kier molecular flexibility index (Phi) is 3.04. The highest BCUT2D eigenvalue weighted by molar-refractivity contribution is 5.35. The van der Waals surface area contributed by atoms with Gasteiger partial charge in [-0.2, -0.15) is 0 Å². The van der Waals surface area contributed by atoms with Crippen molar-refractivity contribution in [3.05, 3.63) is 34.9 Å². The van der Waals surface area contributed by atoms with E-state index in [1.807, 2.05) is 0 Å². The molecule has 14 heavy (non-hydrogen) atoms. The average Bonchev–Trinajstić information content (AvgIpc) is 2.01. The lowest BCUT2D eigenvalue weighted by Gasteiger charge is -2.21. The first-order valence-corrected chi connectivity index (χ1v) is 5.43. The molecule has 1 aromatic rings. The molecule has 0 heterocycles. The van der Waals surface area contributed by atoms with E-state index < -0.39 is 0 Å². The van der Waals surface area contributed by atoms with Crippen molar-refractivity contribution in [3.8, 4) is 0 Å². The standard InChI is InChI=1S/C14H22/c1-10(2)13-8-7-12(9-11(13)3)14(4,5)6/h7-10H,1-6H3. The zero-order chi connectivity index (χ0) is 10.9. The molecule has 1 aromatic carbocycles. The summed E-state index contributed by atoms with van der Waals surface area (Å²) in [5.74, 6) is 0.629. The number of hydrogen-bond acceptors (Lipinski definition) is 0. The molecule has 0 spiro atoms. The van der Waals surface area contributed by atoms with Crippen molar-refractivity contribution >= 4 is 0 Å². The van der Waals surface area contributed by atoms with Gasteiger partial charge in [0.05, 0.1) is 0 Å². The molecule has 1 rings (SSSR count). The van der Waals surface area contributed by atoms with Crippen LogP contribution < -0.4 is 0 Å². The van der Waals surface area contributed by atoms with Gasteiger partial charge in [-0.3, -0.25) is 0 Å². The zero-order valence-electron chi connectivity index (χ0n) is 10.3. The quantitative estimate of drug-likeness (QED) is 0.615. The van der Waals surface area contributed by atoms with Crippen molar-refractivity contribution in [1.82, 2.24) is 0 Å². The van der Waals surface area contributed by atoms with Crippen molar-refractivity contribution in [2.75, 3.05) is 0 Å². The molecule has 0 amide bonds. The third kappa shape index (κ3) is 2.37. The third-order valence-electron chi connectivity index (χ3n) is 2.76. The summed E-state index contributed by atoms with van der Waals surface area (Å²) >= 11 is 0. The molecule has 0 aliphatic rings. The van der Waals surface area contributed by atoms with Gasteiger partial charge in [0.25, 0.3) is 0 Å². The maximum atomic E-state index is 2.33. The Labute approximate surface area is 88.4 Å². The van der Waals surface area contributed by atoms with Crippen molar-refractivity contribution in [2.45, 2.75) is 52.9 Å². The van der Waals surface area contributed by atoms with Gasteiger partial charge in [0.1, 0.15) is 0 Å². The summed E-state index contributed by atoms with van der Waals surface area (Å²) < 4.78 is 0. The van der Waals surface area contributed by atoms with Crippen LogP contribution in [0.2, 0.25) is 0 Å². The maximum Gasteiger partial charge on any atom is -0.0132 e. The second-order valence-electron chi connectivity index (χ2n) is 5.48.